The van der Waals surface area contributed by atoms with Crippen molar-refractivity contribution >= 4 is 63.1 Å². The lowest BCUT2D eigenvalue weighted by molar-refractivity contribution is -0.138. The number of carbonyl (C=O) groups excluding carboxylic acids is 5. The lowest BCUT2D eigenvalue weighted by atomic mass is 9.91. The lowest BCUT2D eigenvalue weighted by Crippen LogP contribution is -2.57. The molecule has 1 heterocycles. The van der Waals surface area contributed by atoms with Gasteiger partial charge in [0.15, 0.2) is 5.96 Å². The molecule has 1 aromatic heterocycles. The minimum absolute atomic E-state index is 0.00891. The minimum atomic E-state index is -1.35. The maximum absolute atomic E-state index is 14.1. The Bertz CT molecular complexity index is 1990. The molecule has 286 valence electrons. The second-order valence-corrected chi connectivity index (χ2v) is 12.8. The van der Waals surface area contributed by atoms with Crippen molar-refractivity contribution in [3.8, 4) is 0 Å². The highest BCUT2D eigenvalue weighted by atomic mass is 16.5. The van der Waals surface area contributed by atoms with Crippen LogP contribution in [0.1, 0.15) is 43.2 Å². The fourth-order valence-corrected chi connectivity index (χ4v) is 6.18. The highest BCUT2D eigenvalue weighted by molar-refractivity contribution is 5.96. The average Bonchev–Trinajstić information content (AvgIpc) is 3.55. The van der Waals surface area contributed by atoms with E-state index in [1.165, 1.54) is 0 Å². The lowest BCUT2D eigenvalue weighted by Gasteiger charge is -2.26. The molecule has 13 N–H and O–H groups in total. The zero-order valence-electron chi connectivity index (χ0n) is 29.4. The van der Waals surface area contributed by atoms with Gasteiger partial charge in [0, 0.05) is 42.9 Å². The third-order valence-electron chi connectivity index (χ3n) is 8.93. The number of primary amides is 1. The predicted molar refractivity (Wildman–Crippen MR) is 199 cm³/mol. The van der Waals surface area contributed by atoms with Gasteiger partial charge in [0.1, 0.15) is 18.1 Å². The number of carboxylic acids is 1. The van der Waals surface area contributed by atoms with E-state index >= 15 is 0 Å². The van der Waals surface area contributed by atoms with Gasteiger partial charge in [-0.05, 0) is 53.6 Å². The van der Waals surface area contributed by atoms with E-state index in [9.17, 15) is 34.0 Å². The molecule has 0 saturated heterocycles. The first kappa shape index (κ1) is 40.3. The Morgan fingerprint density at radius 3 is 2.09 bits per heavy atom. The van der Waals surface area contributed by atoms with Crippen molar-refractivity contribution in [2.75, 3.05) is 6.54 Å². The Labute approximate surface area is 310 Å². The molecule has 17 nitrogen and oxygen atoms in total. The van der Waals surface area contributed by atoms with Crippen molar-refractivity contribution < 1.29 is 39.1 Å². The molecule has 0 aliphatic heterocycles. The number of hydroxylamine groups is 1. The molecule has 4 rings (SSSR count). The Morgan fingerprint density at radius 1 is 0.741 bits per heavy atom. The molecule has 0 fully saturated rings. The molecule has 0 radical (unpaired) electrons. The molecule has 54 heavy (non-hydrogen) atoms. The summed E-state index contributed by atoms with van der Waals surface area (Å²) in [4.78, 5) is 80.7. The van der Waals surface area contributed by atoms with Crippen LogP contribution < -0.4 is 38.2 Å². The van der Waals surface area contributed by atoms with Crippen LogP contribution in [-0.2, 0) is 41.6 Å². The van der Waals surface area contributed by atoms with E-state index in [1.54, 1.807) is 17.7 Å². The average molecular weight is 744 g/mol. The Balaban J connectivity index is 1.62. The van der Waals surface area contributed by atoms with Crippen molar-refractivity contribution in [1.29, 1.82) is 5.41 Å². The van der Waals surface area contributed by atoms with E-state index in [0.717, 1.165) is 27.2 Å². The zero-order chi connectivity index (χ0) is 39.2. The van der Waals surface area contributed by atoms with Gasteiger partial charge in [-0.1, -0.05) is 60.7 Å². The predicted octanol–water partition coefficient (Wildman–Crippen LogP) is 0.686. The number of fused-ring (bicyclic) bond motifs is 2. The Morgan fingerprint density at radius 2 is 1.39 bits per heavy atom. The largest absolute Gasteiger partial charge is 0.481 e. The van der Waals surface area contributed by atoms with Crippen molar-refractivity contribution in [3.63, 3.8) is 0 Å². The minimum Gasteiger partial charge on any atom is -0.481 e. The summed E-state index contributed by atoms with van der Waals surface area (Å²) in [6.45, 7) is 0.171. The number of hydrogen-bond acceptors (Lipinski definition) is 8. The number of benzene rings is 3. The molecular formula is C37H45N9O8. The van der Waals surface area contributed by atoms with Gasteiger partial charge in [-0.15, -0.1) is 0 Å². The number of guanidine groups is 1. The molecule has 17 heteroatoms. The van der Waals surface area contributed by atoms with E-state index in [1.807, 2.05) is 60.7 Å². The second kappa shape index (κ2) is 19.4. The fourth-order valence-electron chi connectivity index (χ4n) is 6.18. The molecule has 4 atom stereocenters. The number of amides is 5. The Kier molecular flexibility index (Phi) is 14.5. The summed E-state index contributed by atoms with van der Waals surface area (Å²) < 4.78 is 0. The smallest absolute Gasteiger partial charge is 0.303 e. The van der Waals surface area contributed by atoms with Crippen molar-refractivity contribution in [2.24, 2.45) is 17.4 Å². The highest BCUT2D eigenvalue weighted by Gasteiger charge is 2.32. The second-order valence-electron chi connectivity index (χ2n) is 12.8. The van der Waals surface area contributed by atoms with E-state index < -0.39 is 72.4 Å². The zero-order valence-corrected chi connectivity index (χ0v) is 29.4. The van der Waals surface area contributed by atoms with E-state index in [2.05, 4.69) is 26.3 Å². The highest BCUT2D eigenvalue weighted by Crippen LogP contribution is 2.23. The van der Waals surface area contributed by atoms with Gasteiger partial charge < -0.3 is 42.8 Å². The van der Waals surface area contributed by atoms with Gasteiger partial charge in [0.2, 0.25) is 29.5 Å². The van der Waals surface area contributed by atoms with Gasteiger partial charge in [0.25, 0.3) is 0 Å². The number of aromatic nitrogens is 1. The van der Waals surface area contributed by atoms with Gasteiger partial charge in [-0.25, -0.2) is 5.48 Å². The van der Waals surface area contributed by atoms with Crippen LogP contribution >= 0.6 is 0 Å². The van der Waals surface area contributed by atoms with Gasteiger partial charge in [0.05, 0.1) is 5.92 Å². The number of nitrogens with two attached hydrogens (primary N) is 2. The van der Waals surface area contributed by atoms with Crippen LogP contribution in [0.15, 0.2) is 72.9 Å². The first-order valence-corrected chi connectivity index (χ1v) is 17.3. The van der Waals surface area contributed by atoms with Crippen molar-refractivity contribution in [1.82, 2.24) is 31.7 Å². The summed E-state index contributed by atoms with van der Waals surface area (Å²) in [6, 6.07) is 16.4. The van der Waals surface area contributed by atoms with E-state index in [-0.39, 0.29) is 44.6 Å². The number of carboxylic acid groups (broad SMARTS) is 1. The van der Waals surface area contributed by atoms with Crippen LogP contribution in [0.25, 0.3) is 21.7 Å². The third-order valence-corrected chi connectivity index (χ3v) is 8.93. The van der Waals surface area contributed by atoms with Gasteiger partial charge in [-0.3, -0.25) is 39.4 Å². The summed E-state index contributed by atoms with van der Waals surface area (Å²) >= 11 is 0. The number of para-hydroxylation sites is 1. The van der Waals surface area contributed by atoms with E-state index in [4.69, 9.17) is 22.0 Å². The van der Waals surface area contributed by atoms with Crippen LogP contribution in [-0.4, -0.2) is 81.4 Å². The quantitative estimate of drug-likeness (QED) is 0.0198. The summed E-state index contributed by atoms with van der Waals surface area (Å²) in [5.41, 5.74) is 14.6. The molecule has 4 aromatic rings. The van der Waals surface area contributed by atoms with Crippen LogP contribution in [0.4, 0.5) is 0 Å². The Hall–Kier alpha value is -6.49. The van der Waals surface area contributed by atoms with Crippen LogP contribution in [0, 0.1) is 11.3 Å². The van der Waals surface area contributed by atoms with Crippen LogP contribution in [0.2, 0.25) is 0 Å². The number of carbonyl (C=O) groups is 6. The number of nitrogens with one attached hydrogen (secondary N) is 7. The number of aliphatic carboxylic acids is 1. The molecule has 0 unspecified atom stereocenters. The molecule has 0 aliphatic carbocycles. The summed E-state index contributed by atoms with van der Waals surface area (Å²) in [6.07, 6.45) is 0.772. The van der Waals surface area contributed by atoms with Crippen molar-refractivity contribution in [3.05, 3.63) is 84.1 Å². The normalized spacial score (nSPS) is 13.2. The monoisotopic (exact) mass is 743 g/mol. The maximum Gasteiger partial charge on any atom is 0.303 e. The molecular weight excluding hydrogens is 698 g/mol. The number of H-pyrrole nitrogens is 1. The van der Waals surface area contributed by atoms with E-state index in [0.29, 0.717) is 5.56 Å². The van der Waals surface area contributed by atoms with Gasteiger partial charge >= 0.3 is 5.97 Å². The molecule has 0 saturated carbocycles. The molecule has 5 amide bonds. The molecule has 0 aliphatic rings. The SMILES string of the molecule is N=C(N)NCCC[C@H](NC(=O)[C@@H](CC(=O)NO)Cc1cccc2ccccc12)C(=O)N[C@@H](Cc1c[nH]c2ccccc12)C(=O)N[C@@H](CCC(=O)O)C(N)=O. The molecule has 3 aromatic carbocycles. The van der Waals surface area contributed by atoms with Crippen LogP contribution in [0.5, 0.6) is 0 Å². The summed E-state index contributed by atoms with van der Waals surface area (Å²) in [5, 5.41) is 39.0. The maximum atomic E-state index is 14.1. The third kappa shape index (κ3) is 11.5. The standard InChI is InChI=1S/C37H45N9O8/c38-33(50)28(14-15-32(48)49)43-36(53)30(18-24-20-42-27-12-4-3-11-26(24)27)45-35(52)29(13-6-16-41-37(39)40)44-34(51)23(19-31(47)46-54)17-22-9-5-8-21-7-1-2-10-25(21)22/h1-5,7-12,20,23,28-30,42,54H,6,13-19H2,(H2,38,50)(H,43,53)(H,44,51)(H,45,52)(H,46,47)(H,48,49)(H4,39,40,41)/t23-,28+,29+,30+/m1/s1. The number of aromatic amines is 1. The topological polar surface area (TPSA) is 295 Å². The van der Waals surface area contributed by atoms with Crippen LogP contribution in [0.3, 0.4) is 0 Å². The number of hydrogen-bond donors (Lipinski definition) is 11. The summed E-state index contributed by atoms with van der Waals surface area (Å²) in [7, 11) is 0. The first-order chi connectivity index (χ1) is 25.9. The summed E-state index contributed by atoms with van der Waals surface area (Å²) in [5.74, 6) is -6.59. The molecule has 0 spiro atoms. The van der Waals surface area contributed by atoms with Crippen molar-refractivity contribution in [2.45, 2.75) is 63.1 Å². The molecule has 0 bridgehead atoms. The van der Waals surface area contributed by atoms with Gasteiger partial charge in [-0.2, -0.15) is 0 Å². The first-order valence-electron chi connectivity index (χ1n) is 17.3. The fraction of sp³-hybridized carbons (Fsp3) is 0.324. The number of rotatable bonds is 20.